The molecule has 2 aromatic rings. The molecule has 0 bridgehead atoms. The van der Waals surface area contributed by atoms with Crippen LogP contribution in [0.1, 0.15) is 100 Å². The molecule has 6 rings (SSSR count). The Bertz CT molecular complexity index is 1640. The van der Waals surface area contributed by atoms with Crippen molar-refractivity contribution >= 4 is 34.2 Å². The molecule has 11 heteroatoms. The van der Waals surface area contributed by atoms with E-state index in [1.165, 1.54) is 36.9 Å². The highest BCUT2D eigenvalue weighted by Crippen LogP contribution is 2.48. The number of benzene rings is 2. The van der Waals surface area contributed by atoms with E-state index < -0.39 is 16.6 Å². The Morgan fingerprint density at radius 1 is 1.07 bits per heavy atom. The first-order valence-electron chi connectivity index (χ1n) is 20.9. The second kappa shape index (κ2) is 19.8. The number of piperazine rings is 1. The molecule has 9 nitrogen and oxygen atoms in total. The monoisotopic (exact) mass is 796 g/mol. The number of aryl methyl sites for hydroxylation is 1. The Labute approximate surface area is 338 Å². The summed E-state index contributed by atoms with van der Waals surface area (Å²) < 4.78 is 34.6. The molecular formula is C44H65ClN4O5S. The highest BCUT2D eigenvalue weighted by Gasteiger charge is 2.49. The molecule has 0 spiro atoms. The topological polar surface area (TPSA) is 83.6 Å². The zero-order valence-electron chi connectivity index (χ0n) is 33.9. The van der Waals surface area contributed by atoms with Crippen LogP contribution in [0.15, 0.2) is 48.6 Å². The van der Waals surface area contributed by atoms with Gasteiger partial charge in [0, 0.05) is 74.2 Å². The highest BCUT2D eigenvalue weighted by molar-refractivity contribution is 7.84. The van der Waals surface area contributed by atoms with Gasteiger partial charge in [-0.05, 0) is 112 Å². The summed E-state index contributed by atoms with van der Waals surface area (Å²) in [5.41, 5.74) is 3.48. The van der Waals surface area contributed by atoms with Gasteiger partial charge in [-0.1, -0.05) is 56.5 Å². The number of anilines is 1. The molecule has 6 atom stereocenters. The largest absolute Gasteiger partial charge is 0.491 e. The van der Waals surface area contributed by atoms with Crippen molar-refractivity contribution < 1.29 is 23.2 Å². The van der Waals surface area contributed by atoms with Gasteiger partial charge in [0.2, 0.25) is 0 Å². The van der Waals surface area contributed by atoms with Crippen molar-refractivity contribution in [3.05, 3.63) is 70.3 Å². The molecule has 1 amide bonds. The maximum Gasteiger partial charge on any atom is 0.263 e. The third-order valence-corrected chi connectivity index (χ3v) is 13.8. The zero-order chi connectivity index (χ0) is 39.0. The van der Waals surface area contributed by atoms with Crippen LogP contribution in [0.3, 0.4) is 0 Å². The molecule has 4 aliphatic rings. The first kappa shape index (κ1) is 42.1. The summed E-state index contributed by atoms with van der Waals surface area (Å²) in [6.07, 6.45) is 13.7. The van der Waals surface area contributed by atoms with E-state index in [9.17, 15) is 9.00 Å². The second-order valence-electron chi connectivity index (χ2n) is 16.4. The van der Waals surface area contributed by atoms with E-state index in [-0.39, 0.29) is 17.1 Å². The SMILES string of the molecule is CC/C=C/[C@](CN1CCN2CCCCC2C1)(OCCOC)C1CCC1CN1CC(c2ccc(Cl)cc2CCC)COc2ccc(C(=O)NS(=O)C(C)C)cc21. The van der Waals surface area contributed by atoms with E-state index in [0.717, 1.165) is 87.8 Å². The number of hydrogen-bond donors (Lipinski definition) is 1. The van der Waals surface area contributed by atoms with E-state index >= 15 is 0 Å². The van der Waals surface area contributed by atoms with E-state index in [1.54, 1.807) is 13.2 Å². The summed E-state index contributed by atoms with van der Waals surface area (Å²) in [5.74, 6) is 1.20. The van der Waals surface area contributed by atoms with Crippen LogP contribution in [0.25, 0.3) is 0 Å². The number of halogens is 1. The number of piperidine rings is 1. The number of hydrogen-bond acceptors (Lipinski definition) is 8. The van der Waals surface area contributed by atoms with Crippen LogP contribution in [0, 0.1) is 11.8 Å². The van der Waals surface area contributed by atoms with Gasteiger partial charge in [0.05, 0.1) is 25.5 Å². The molecular weight excluding hydrogens is 732 g/mol. The minimum Gasteiger partial charge on any atom is -0.491 e. The molecule has 304 valence electrons. The van der Waals surface area contributed by atoms with Crippen molar-refractivity contribution in [1.82, 2.24) is 14.5 Å². The van der Waals surface area contributed by atoms with Crippen molar-refractivity contribution in [2.24, 2.45) is 11.8 Å². The molecule has 2 saturated heterocycles. The van der Waals surface area contributed by atoms with E-state index in [1.807, 2.05) is 32.0 Å². The van der Waals surface area contributed by atoms with Gasteiger partial charge in [-0.3, -0.25) is 19.3 Å². The van der Waals surface area contributed by atoms with Crippen molar-refractivity contribution in [2.75, 3.05) is 77.6 Å². The summed E-state index contributed by atoms with van der Waals surface area (Å²) in [6, 6.07) is 12.6. The van der Waals surface area contributed by atoms with Crippen LogP contribution < -0.4 is 14.4 Å². The molecule has 3 fully saturated rings. The van der Waals surface area contributed by atoms with Gasteiger partial charge in [-0.2, -0.15) is 0 Å². The van der Waals surface area contributed by atoms with E-state index in [2.05, 4.69) is 57.6 Å². The molecule has 55 heavy (non-hydrogen) atoms. The standard InChI is InChI=1S/C44H65ClN4O5S/c1-6-8-19-44(54-24-23-52-5,31-47-21-22-48-20-10-9-12-38(48)29-47)40-17-13-35(40)27-49-28-36(39-16-15-37(45)25-33(39)11-7-2)30-53-42-18-14-34(26-41(42)49)43(50)46-55(51)32(3)4/h8,14-16,18-19,25-26,32,35-36,38,40H,6-7,9-13,17,20-24,27-31H2,1-5H3,(H,46,50)/b19-8+/t35?,36?,38?,40?,44-,55?/m1/s1. The summed E-state index contributed by atoms with van der Waals surface area (Å²) in [7, 11) is 0.275. The third-order valence-electron chi connectivity index (χ3n) is 12.3. The van der Waals surface area contributed by atoms with Gasteiger partial charge in [0.15, 0.2) is 0 Å². The number of nitrogens with one attached hydrogen (secondary N) is 1. The predicted molar refractivity (Wildman–Crippen MR) is 225 cm³/mol. The van der Waals surface area contributed by atoms with E-state index in [4.69, 9.17) is 25.8 Å². The summed E-state index contributed by atoms with van der Waals surface area (Å²) >= 11 is 6.53. The number of allylic oxidation sites excluding steroid dienone is 1. The fourth-order valence-electron chi connectivity index (χ4n) is 9.28. The summed E-state index contributed by atoms with van der Waals surface area (Å²) in [6.45, 7) is 16.7. The van der Waals surface area contributed by atoms with Gasteiger partial charge in [-0.15, -0.1) is 0 Å². The van der Waals surface area contributed by atoms with Crippen LogP contribution in [-0.4, -0.2) is 110 Å². The number of methoxy groups -OCH3 is 1. The van der Waals surface area contributed by atoms with Gasteiger partial charge in [0.25, 0.3) is 5.91 Å². The lowest BCUT2D eigenvalue weighted by atomic mass is 9.63. The Balaban J connectivity index is 1.33. The zero-order valence-corrected chi connectivity index (χ0v) is 35.5. The smallest absolute Gasteiger partial charge is 0.263 e. The fourth-order valence-corrected chi connectivity index (χ4v) is 10.0. The molecule has 0 radical (unpaired) electrons. The van der Waals surface area contributed by atoms with Gasteiger partial charge in [0.1, 0.15) is 22.3 Å². The maximum atomic E-state index is 13.4. The van der Waals surface area contributed by atoms with Crippen molar-refractivity contribution in [1.29, 1.82) is 0 Å². The molecule has 3 heterocycles. The van der Waals surface area contributed by atoms with Gasteiger partial charge in [-0.25, -0.2) is 4.21 Å². The Hall–Kier alpha value is -2.47. The Morgan fingerprint density at radius 2 is 1.93 bits per heavy atom. The summed E-state index contributed by atoms with van der Waals surface area (Å²) in [5, 5.41) is 0.570. The van der Waals surface area contributed by atoms with Crippen LogP contribution in [0.2, 0.25) is 5.02 Å². The van der Waals surface area contributed by atoms with Crippen molar-refractivity contribution in [3.8, 4) is 5.75 Å². The number of fused-ring (bicyclic) bond motifs is 2. The van der Waals surface area contributed by atoms with Crippen LogP contribution in [-0.2, 0) is 26.9 Å². The normalized spacial score (nSPS) is 25.0. The first-order valence-corrected chi connectivity index (χ1v) is 22.5. The average Bonchev–Trinajstić information content (AvgIpc) is 3.34. The van der Waals surface area contributed by atoms with Gasteiger partial charge >= 0.3 is 0 Å². The molecule has 3 aliphatic heterocycles. The third kappa shape index (κ3) is 10.3. The fraction of sp³-hybridized carbons (Fsp3) is 0.659. The Kier molecular flexibility index (Phi) is 15.2. The molecule has 1 saturated carbocycles. The van der Waals surface area contributed by atoms with Crippen molar-refractivity contribution in [3.63, 3.8) is 0 Å². The maximum absolute atomic E-state index is 13.4. The number of amides is 1. The van der Waals surface area contributed by atoms with Gasteiger partial charge < -0.3 is 19.1 Å². The number of carbonyl (C=O) groups excluding carboxylic acids is 1. The lowest BCUT2D eigenvalue weighted by Crippen LogP contribution is -2.61. The first-order chi connectivity index (χ1) is 26.6. The number of rotatable bonds is 17. The molecule has 1 aliphatic carbocycles. The molecule has 5 unspecified atom stereocenters. The lowest BCUT2D eigenvalue weighted by Gasteiger charge is -2.53. The number of nitrogens with zero attached hydrogens (tertiary/aromatic N) is 3. The lowest BCUT2D eigenvalue weighted by molar-refractivity contribution is -0.127. The molecule has 0 aromatic heterocycles. The van der Waals surface area contributed by atoms with Crippen LogP contribution >= 0.6 is 11.6 Å². The number of ether oxygens (including phenoxy) is 3. The quantitative estimate of drug-likeness (QED) is 0.129. The second-order valence-corrected chi connectivity index (χ2v) is 18.6. The highest BCUT2D eigenvalue weighted by atomic mass is 35.5. The molecule has 1 N–H and O–H groups in total. The molecule has 2 aromatic carbocycles. The summed E-state index contributed by atoms with van der Waals surface area (Å²) in [4.78, 5) is 21.3. The minimum absolute atomic E-state index is 0.102. The van der Waals surface area contributed by atoms with Crippen LogP contribution in [0.5, 0.6) is 5.75 Å². The Morgan fingerprint density at radius 3 is 2.67 bits per heavy atom. The number of carbonyl (C=O) groups is 1. The van der Waals surface area contributed by atoms with Crippen molar-refractivity contribution in [2.45, 2.75) is 102 Å². The van der Waals surface area contributed by atoms with E-state index in [0.29, 0.717) is 43.3 Å². The average molecular weight is 798 g/mol. The predicted octanol–water partition coefficient (Wildman–Crippen LogP) is 7.64. The minimum atomic E-state index is -1.47. The van der Waals surface area contributed by atoms with Crippen LogP contribution in [0.4, 0.5) is 5.69 Å².